The monoisotopic (exact) mass is 402 g/mol. The molecule has 3 rings (SSSR count). The van der Waals surface area contributed by atoms with E-state index in [1.54, 1.807) is 11.0 Å². The summed E-state index contributed by atoms with van der Waals surface area (Å²) in [6.07, 6.45) is 1.26. The maximum Gasteiger partial charge on any atom is 0.371 e. The SMILES string of the molecule is CCCc1c2c(cc3c(=O)cc(C(=O)O)oc13)/C(=N/OC)CC(C(=O)O)N2CC. The van der Waals surface area contributed by atoms with Gasteiger partial charge in [0.1, 0.15) is 18.7 Å². The number of hydrogen-bond donors (Lipinski definition) is 2. The van der Waals surface area contributed by atoms with Crippen LogP contribution in [-0.2, 0) is 16.1 Å². The van der Waals surface area contributed by atoms with Crippen LogP contribution in [0.5, 0.6) is 0 Å². The molecule has 2 N–H and O–H groups in total. The molecule has 0 amide bonds. The normalized spacial score (nSPS) is 17.4. The Balaban J connectivity index is 2.48. The van der Waals surface area contributed by atoms with Crippen LogP contribution in [0.2, 0.25) is 0 Å². The van der Waals surface area contributed by atoms with Gasteiger partial charge in [-0.15, -0.1) is 0 Å². The Morgan fingerprint density at radius 2 is 2.03 bits per heavy atom. The van der Waals surface area contributed by atoms with E-state index in [0.717, 1.165) is 6.07 Å². The van der Waals surface area contributed by atoms with E-state index in [4.69, 9.17) is 9.25 Å². The number of aromatic carboxylic acids is 1. The molecule has 0 saturated carbocycles. The highest BCUT2D eigenvalue weighted by molar-refractivity contribution is 6.13. The molecule has 2 aromatic rings. The number of aryl methyl sites for hydroxylation is 1. The molecule has 154 valence electrons. The third-order valence-corrected chi connectivity index (χ3v) is 4.99. The zero-order chi connectivity index (χ0) is 21.3. The quantitative estimate of drug-likeness (QED) is 0.705. The predicted octanol–water partition coefficient (Wildman–Crippen LogP) is 2.48. The van der Waals surface area contributed by atoms with E-state index in [1.165, 1.54) is 7.11 Å². The molecular formula is C20H22N2O7. The molecule has 1 aromatic carbocycles. The van der Waals surface area contributed by atoms with E-state index < -0.39 is 29.2 Å². The van der Waals surface area contributed by atoms with E-state index in [2.05, 4.69) is 5.16 Å². The smallest absolute Gasteiger partial charge is 0.371 e. The summed E-state index contributed by atoms with van der Waals surface area (Å²) in [6.45, 7) is 4.17. The van der Waals surface area contributed by atoms with Crippen LogP contribution in [0.1, 0.15) is 48.4 Å². The van der Waals surface area contributed by atoms with Gasteiger partial charge in [0, 0.05) is 30.2 Å². The van der Waals surface area contributed by atoms with Gasteiger partial charge in [0.15, 0.2) is 5.43 Å². The van der Waals surface area contributed by atoms with Crippen molar-refractivity contribution < 1.29 is 29.1 Å². The minimum Gasteiger partial charge on any atom is -0.480 e. The van der Waals surface area contributed by atoms with Crippen molar-refractivity contribution in [1.82, 2.24) is 0 Å². The summed E-state index contributed by atoms with van der Waals surface area (Å²) in [4.78, 5) is 42.6. The van der Waals surface area contributed by atoms with Gasteiger partial charge in [-0.3, -0.25) is 4.79 Å². The molecule has 0 spiro atoms. The summed E-state index contributed by atoms with van der Waals surface area (Å²) in [5, 5.41) is 23.3. The zero-order valence-electron chi connectivity index (χ0n) is 16.4. The fraction of sp³-hybridized carbons (Fsp3) is 0.400. The fourth-order valence-electron chi connectivity index (χ4n) is 3.84. The van der Waals surface area contributed by atoms with E-state index in [9.17, 15) is 24.6 Å². The second kappa shape index (κ2) is 7.94. The first kappa shape index (κ1) is 20.4. The number of aliphatic carboxylic acids is 1. The predicted molar refractivity (Wildman–Crippen MR) is 106 cm³/mol. The summed E-state index contributed by atoms with van der Waals surface area (Å²) < 4.78 is 5.59. The number of anilines is 1. The number of carboxylic acid groups (broad SMARTS) is 2. The molecule has 29 heavy (non-hydrogen) atoms. The van der Waals surface area contributed by atoms with Gasteiger partial charge in [0.05, 0.1) is 16.8 Å². The van der Waals surface area contributed by atoms with Gasteiger partial charge in [-0.25, -0.2) is 9.59 Å². The van der Waals surface area contributed by atoms with Crippen LogP contribution < -0.4 is 10.3 Å². The molecule has 1 aliphatic rings. The number of benzene rings is 1. The molecule has 1 aliphatic heterocycles. The topological polar surface area (TPSA) is 130 Å². The van der Waals surface area contributed by atoms with Gasteiger partial charge in [0.25, 0.3) is 0 Å². The molecule has 9 nitrogen and oxygen atoms in total. The summed E-state index contributed by atoms with van der Waals surface area (Å²) in [5.41, 5.74) is 1.87. The van der Waals surface area contributed by atoms with Crippen LogP contribution >= 0.6 is 0 Å². The molecule has 0 saturated heterocycles. The fourth-order valence-corrected chi connectivity index (χ4v) is 3.84. The summed E-state index contributed by atoms with van der Waals surface area (Å²) in [5.74, 6) is -2.81. The van der Waals surface area contributed by atoms with Crippen molar-refractivity contribution in [3.8, 4) is 0 Å². The molecule has 1 unspecified atom stereocenters. The molecule has 0 fully saturated rings. The zero-order valence-corrected chi connectivity index (χ0v) is 16.4. The van der Waals surface area contributed by atoms with Gasteiger partial charge < -0.3 is 24.4 Å². The van der Waals surface area contributed by atoms with E-state index in [-0.39, 0.29) is 17.4 Å². The van der Waals surface area contributed by atoms with Crippen molar-refractivity contribution in [2.24, 2.45) is 5.16 Å². The lowest BCUT2D eigenvalue weighted by molar-refractivity contribution is -0.138. The third-order valence-electron chi connectivity index (χ3n) is 4.99. The van der Waals surface area contributed by atoms with Crippen molar-refractivity contribution in [3.05, 3.63) is 39.2 Å². The molecule has 0 aliphatic carbocycles. The lowest BCUT2D eigenvalue weighted by Crippen LogP contribution is -2.47. The second-order valence-electron chi connectivity index (χ2n) is 6.72. The molecule has 0 bridgehead atoms. The maximum atomic E-state index is 12.6. The molecule has 0 radical (unpaired) electrons. The van der Waals surface area contributed by atoms with Crippen molar-refractivity contribution >= 4 is 34.3 Å². The Morgan fingerprint density at radius 3 is 2.59 bits per heavy atom. The van der Waals surface area contributed by atoms with Crippen LogP contribution in [0, 0.1) is 0 Å². The van der Waals surface area contributed by atoms with Gasteiger partial charge >= 0.3 is 11.9 Å². The lowest BCUT2D eigenvalue weighted by Gasteiger charge is -2.37. The molecule has 1 atom stereocenters. The number of hydrogen-bond acceptors (Lipinski definition) is 7. The van der Waals surface area contributed by atoms with Crippen LogP contribution in [0.25, 0.3) is 11.0 Å². The van der Waals surface area contributed by atoms with Crippen molar-refractivity contribution in [1.29, 1.82) is 0 Å². The minimum absolute atomic E-state index is 0.111. The van der Waals surface area contributed by atoms with Crippen LogP contribution in [0.15, 0.2) is 26.5 Å². The Hall–Kier alpha value is -3.36. The minimum atomic E-state index is -1.35. The number of carbonyl (C=O) groups is 2. The second-order valence-corrected chi connectivity index (χ2v) is 6.72. The Kier molecular flexibility index (Phi) is 5.58. The van der Waals surface area contributed by atoms with Gasteiger partial charge in [0.2, 0.25) is 5.76 Å². The Labute approximate surface area is 166 Å². The lowest BCUT2D eigenvalue weighted by atomic mass is 9.88. The highest BCUT2D eigenvalue weighted by Gasteiger charge is 2.37. The summed E-state index contributed by atoms with van der Waals surface area (Å²) in [7, 11) is 1.37. The van der Waals surface area contributed by atoms with Gasteiger partial charge in [-0.1, -0.05) is 18.5 Å². The maximum absolute atomic E-state index is 12.6. The Morgan fingerprint density at radius 1 is 1.31 bits per heavy atom. The molecule has 2 heterocycles. The summed E-state index contributed by atoms with van der Waals surface area (Å²) in [6, 6.07) is 1.66. The first-order chi connectivity index (χ1) is 13.8. The van der Waals surface area contributed by atoms with Crippen molar-refractivity contribution in [2.45, 2.75) is 39.2 Å². The summed E-state index contributed by atoms with van der Waals surface area (Å²) >= 11 is 0. The number of nitrogens with zero attached hydrogens (tertiary/aromatic N) is 2. The van der Waals surface area contributed by atoms with Crippen LogP contribution in [0.3, 0.4) is 0 Å². The van der Waals surface area contributed by atoms with Crippen LogP contribution in [0.4, 0.5) is 5.69 Å². The van der Waals surface area contributed by atoms with E-state index in [1.807, 2.05) is 13.8 Å². The average Bonchev–Trinajstić information content (AvgIpc) is 2.68. The number of fused-ring (bicyclic) bond motifs is 2. The Bertz CT molecular complexity index is 1070. The standard InChI is InChI=1S/C20H22N2O7/c1-4-6-10-17-11(7-12-15(23)9-16(20(26)27)29-18(10)12)13(21-28-3)8-14(19(24)25)22(17)5-2/h7,9,14H,4-6,8H2,1-3H3,(H,24,25)(H,26,27)/b21-13+. The highest BCUT2D eigenvalue weighted by Crippen LogP contribution is 2.39. The molecule has 1 aromatic heterocycles. The highest BCUT2D eigenvalue weighted by atomic mass is 16.6. The van der Waals surface area contributed by atoms with Gasteiger partial charge in [-0.2, -0.15) is 0 Å². The average molecular weight is 402 g/mol. The first-order valence-corrected chi connectivity index (χ1v) is 9.30. The van der Waals surface area contributed by atoms with Crippen LogP contribution in [-0.4, -0.2) is 47.6 Å². The van der Waals surface area contributed by atoms with Crippen molar-refractivity contribution in [2.75, 3.05) is 18.6 Å². The van der Waals surface area contributed by atoms with E-state index in [0.29, 0.717) is 41.9 Å². The van der Waals surface area contributed by atoms with Gasteiger partial charge in [-0.05, 0) is 19.4 Å². The number of rotatable bonds is 6. The number of carboxylic acids is 2. The largest absolute Gasteiger partial charge is 0.480 e. The molecular weight excluding hydrogens is 380 g/mol. The van der Waals surface area contributed by atoms with E-state index >= 15 is 0 Å². The first-order valence-electron chi connectivity index (χ1n) is 9.30. The third kappa shape index (κ3) is 3.43. The van der Waals surface area contributed by atoms with Crippen molar-refractivity contribution in [3.63, 3.8) is 0 Å². The molecule has 9 heteroatoms. The number of likely N-dealkylation sites (N-methyl/N-ethyl adjacent to an activating group) is 1. The number of oxime groups is 1.